The van der Waals surface area contributed by atoms with Crippen molar-refractivity contribution in [3.63, 3.8) is 0 Å². The molecule has 0 radical (unpaired) electrons. The zero-order valence-corrected chi connectivity index (χ0v) is 10.2. The van der Waals surface area contributed by atoms with E-state index in [2.05, 4.69) is 22.4 Å². The average molecular weight is 220 g/mol. The molecule has 1 saturated carbocycles. The topological polar surface area (TPSA) is 15.3 Å². The predicted molar refractivity (Wildman–Crippen MR) is 67.4 cm³/mol. The SMILES string of the molecule is C1=CC2C(C1)CC2NCCN1CCCCC1. The van der Waals surface area contributed by atoms with Gasteiger partial charge in [0.2, 0.25) is 0 Å². The van der Waals surface area contributed by atoms with E-state index in [1.807, 2.05) is 0 Å². The molecule has 3 rings (SSSR count). The van der Waals surface area contributed by atoms with Crippen molar-refractivity contribution < 1.29 is 0 Å². The molecule has 2 fully saturated rings. The van der Waals surface area contributed by atoms with Crippen LogP contribution in [0, 0.1) is 11.8 Å². The minimum Gasteiger partial charge on any atom is -0.312 e. The molecule has 90 valence electrons. The standard InChI is InChI=1S/C14H24N2/c1-2-8-16(9-3-1)10-7-15-14-11-12-5-4-6-13(12)14/h4,6,12-15H,1-3,5,7-11H2. The first kappa shape index (κ1) is 10.8. The highest BCUT2D eigenvalue weighted by molar-refractivity contribution is 5.12. The first-order valence-corrected chi connectivity index (χ1v) is 7.06. The highest BCUT2D eigenvalue weighted by atomic mass is 15.1. The molecule has 2 heteroatoms. The van der Waals surface area contributed by atoms with Crippen LogP contribution in [0.3, 0.4) is 0 Å². The van der Waals surface area contributed by atoms with Crippen LogP contribution in [0.15, 0.2) is 12.2 Å². The normalized spacial score (nSPS) is 38.4. The molecule has 3 aliphatic rings. The molecule has 0 bridgehead atoms. The maximum absolute atomic E-state index is 3.74. The van der Waals surface area contributed by atoms with Gasteiger partial charge in [-0.15, -0.1) is 0 Å². The van der Waals surface area contributed by atoms with E-state index in [1.54, 1.807) is 0 Å². The molecule has 1 N–H and O–H groups in total. The molecule has 0 aromatic carbocycles. The van der Waals surface area contributed by atoms with Crippen LogP contribution in [0.2, 0.25) is 0 Å². The lowest BCUT2D eigenvalue weighted by Crippen LogP contribution is -2.50. The molecule has 0 spiro atoms. The van der Waals surface area contributed by atoms with Gasteiger partial charge in [0.25, 0.3) is 0 Å². The maximum atomic E-state index is 3.74. The number of likely N-dealkylation sites (tertiary alicyclic amines) is 1. The second-order valence-corrected chi connectivity index (χ2v) is 5.70. The fourth-order valence-corrected chi connectivity index (χ4v) is 3.54. The zero-order valence-electron chi connectivity index (χ0n) is 10.2. The molecule has 0 amide bonds. The highest BCUT2D eigenvalue weighted by Crippen LogP contribution is 2.42. The Hall–Kier alpha value is -0.340. The van der Waals surface area contributed by atoms with Crippen molar-refractivity contribution in [2.24, 2.45) is 11.8 Å². The van der Waals surface area contributed by atoms with Crippen molar-refractivity contribution in [1.82, 2.24) is 10.2 Å². The third-order valence-corrected chi connectivity index (χ3v) is 4.65. The van der Waals surface area contributed by atoms with Crippen LogP contribution in [0.5, 0.6) is 0 Å². The third kappa shape index (κ3) is 2.18. The summed E-state index contributed by atoms with van der Waals surface area (Å²) in [5.41, 5.74) is 0. The van der Waals surface area contributed by atoms with Crippen LogP contribution in [0.25, 0.3) is 0 Å². The van der Waals surface area contributed by atoms with Crippen LogP contribution in [-0.2, 0) is 0 Å². The number of hydrogen-bond acceptors (Lipinski definition) is 2. The van der Waals surface area contributed by atoms with Crippen LogP contribution in [-0.4, -0.2) is 37.1 Å². The van der Waals surface area contributed by atoms with E-state index in [1.165, 1.54) is 58.3 Å². The number of nitrogens with zero attached hydrogens (tertiary/aromatic N) is 1. The van der Waals surface area contributed by atoms with Crippen LogP contribution in [0.4, 0.5) is 0 Å². The maximum Gasteiger partial charge on any atom is 0.0136 e. The summed E-state index contributed by atoms with van der Waals surface area (Å²) in [5, 5.41) is 3.74. The van der Waals surface area contributed by atoms with Gasteiger partial charge in [-0.05, 0) is 50.6 Å². The van der Waals surface area contributed by atoms with E-state index in [4.69, 9.17) is 0 Å². The summed E-state index contributed by atoms with van der Waals surface area (Å²) >= 11 is 0. The Morgan fingerprint density at radius 3 is 2.88 bits per heavy atom. The van der Waals surface area contributed by atoms with Crippen molar-refractivity contribution in [1.29, 1.82) is 0 Å². The highest BCUT2D eigenvalue weighted by Gasteiger charge is 2.40. The third-order valence-electron chi connectivity index (χ3n) is 4.65. The van der Waals surface area contributed by atoms with Gasteiger partial charge in [0.1, 0.15) is 0 Å². The Kier molecular flexibility index (Phi) is 3.30. The summed E-state index contributed by atoms with van der Waals surface area (Å²) in [7, 11) is 0. The first-order chi connectivity index (χ1) is 7.93. The Bertz CT molecular complexity index is 255. The second kappa shape index (κ2) is 4.89. The zero-order chi connectivity index (χ0) is 10.8. The molecule has 3 unspecified atom stereocenters. The molecule has 2 aliphatic carbocycles. The minimum absolute atomic E-state index is 0.800. The fourth-order valence-electron chi connectivity index (χ4n) is 3.54. The number of nitrogens with one attached hydrogen (secondary N) is 1. The predicted octanol–water partition coefficient (Wildman–Crippen LogP) is 2.03. The fraction of sp³-hybridized carbons (Fsp3) is 0.857. The van der Waals surface area contributed by atoms with E-state index >= 15 is 0 Å². The molecule has 16 heavy (non-hydrogen) atoms. The van der Waals surface area contributed by atoms with Gasteiger partial charge < -0.3 is 10.2 Å². The summed E-state index contributed by atoms with van der Waals surface area (Å²) in [6.45, 7) is 5.12. The summed E-state index contributed by atoms with van der Waals surface area (Å²) in [6.07, 6.45) is 11.8. The first-order valence-electron chi connectivity index (χ1n) is 7.06. The van der Waals surface area contributed by atoms with Crippen molar-refractivity contribution in [3.8, 4) is 0 Å². The van der Waals surface area contributed by atoms with Gasteiger partial charge in [-0.1, -0.05) is 18.6 Å². The number of allylic oxidation sites excluding steroid dienone is 1. The lowest BCUT2D eigenvalue weighted by molar-refractivity contribution is 0.153. The van der Waals surface area contributed by atoms with Crippen molar-refractivity contribution in [2.75, 3.05) is 26.2 Å². The van der Waals surface area contributed by atoms with E-state index in [0.717, 1.165) is 17.9 Å². The van der Waals surface area contributed by atoms with Gasteiger partial charge >= 0.3 is 0 Å². The van der Waals surface area contributed by atoms with Crippen LogP contribution < -0.4 is 5.32 Å². The van der Waals surface area contributed by atoms with Gasteiger partial charge in [0, 0.05) is 19.1 Å². The van der Waals surface area contributed by atoms with Crippen molar-refractivity contribution in [2.45, 2.75) is 38.1 Å². The lowest BCUT2D eigenvalue weighted by Gasteiger charge is -2.41. The van der Waals surface area contributed by atoms with Gasteiger partial charge in [0.15, 0.2) is 0 Å². The number of piperidine rings is 1. The van der Waals surface area contributed by atoms with Crippen LogP contribution in [0.1, 0.15) is 32.1 Å². The number of hydrogen-bond donors (Lipinski definition) is 1. The molecule has 1 aliphatic heterocycles. The molecule has 0 aromatic heterocycles. The van der Waals surface area contributed by atoms with E-state index in [9.17, 15) is 0 Å². The van der Waals surface area contributed by atoms with Crippen molar-refractivity contribution in [3.05, 3.63) is 12.2 Å². The summed E-state index contributed by atoms with van der Waals surface area (Å²) in [6, 6.07) is 0.800. The molecule has 2 nitrogen and oxygen atoms in total. The quantitative estimate of drug-likeness (QED) is 0.729. The van der Waals surface area contributed by atoms with Crippen LogP contribution >= 0.6 is 0 Å². The van der Waals surface area contributed by atoms with Gasteiger partial charge in [0.05, 0.1) is 0 Å². The Balaban J connectivity index is 1.33. The summed E-state index contributed by atoms with van der Waals surface area (Å²) < 4.78 is 0. The Morgan fingerprint density at radius 2 is 2.06 bits per heavy atom. The Morgan fingerprint density at radius 1 is 1.19 bits per heavy atom. The summed E-state index contributed by atoms with van der Waals surface area (Å²) in [5.74, 6) is 1.87. The molecule has 1 heterocycles. The largest absolute Gasteiger partial charge is 0.312 e. The monoisotopic (exact) mass is 220 g/mol. The molecule has 0 aromatic rings. The van der Waals surface area contributed by atoms with Crippen molar-refractivity contribution >= 4 is 0 Å². The lowest BCUT2D eigenvalue weighted by atomic mass is 9.71. The molecular formula is C14H24N2. The number of fused-ring (bicyclic) bond motifs is 1. The smallest absolute Gasteiger partial charge is 0.0136 e. The number of rotatable bonds is 4. The molecule has 1 saturated heterocycles. The molecule has 3 atom stereocenters. The molecular weight excluding hydrogens is 196 g/mol. The summed E-state index contributed by atoms with van der Waals surface area (Å²) in [4.78, 5) is 2.62. The average Bonchev–Trinajstić information content (AvgIpc) is 2.67. The van der Waals surface area contributed by atoms with Gasteiger partial charge in [-0.2, -0.15) is 0 Å². The Labute approximate surface area is 99.1 Å². The van der Waals surface area contributed by atoms with E-state index in [0.29, 0.717) is 0 Å². The van der Waals surface area contributed by atoms with Gasteiger partial charge in [-0.3, -0.25) is 0 Å². The van der Waals surface area contributed by atoms with Gasteiger partial charge in [-0.25, -0.2) is 0 Å². The second-order valence-electron chi connectivity index (χ2n) is 5.70. The van der Waals surface area contributed by atoms with E-state index < -0.39 is 0 Å². The van der Waals surface area contributed by atoms with E-state index in [-0.39, 0.29) is 0 Å². The minimum atomic E-state index is 0.800.